The Morgan fingerprint density at radius 1 is 1.00 bits per heavy atom. The second-order valence-electron chi connectivity index (χ2n) is 9.16. The van der Waals surface area contributed by atoms with Gasteiger partial charge in [0, 0.05) is 50.5 Å². The summed E-state index contributed by atoms with van der Waals surface area (Å²) >= 11 is 0. The van der Waals surface area contributed by atoms with Crippen molar-refractivity contribution in [3.8, 4) is 5.75 Å². The molecule has 2 aromatic carbocycles. The minimum atomic E-state index is 0.101. The first-order valence-corrected chi connectivity index (χ1v) is 11.7. The van der Waals surface area contributed by atoms with Crippen LogP contribution in [0.3, 0.4) is 0 Å². The van der Waals surface area contributed by atoms with Gasteiger partial charge in [0.25, 0.3) is 0 Å². The number of carbonyl (C=O) groups is 1. The Hall–Kier alpha value is -2.53. The third kappa shape index (κ3) is 6.01. The van der Waals surface area contributed by atoms with Crippen LogP contribution in [0.1, 0.15) is 37.8 Å². The number of benzene rings is 2. The molecule has 0 unspecified atom stereocenters. The first-order chi connectivity index (χ1) is 15.1. The molecule has 31 heavy (non-hydrogen) atoms. The highest BCUT2D eigenvalue weighted by molar-refractivity contribution is 5.94. The maximum absolute atomic E-state index is 11.5. The van der Waals surface area contributed by atoms with Crippen molar-refractivity contribution in [3.63, 3.8) is 0 Å². The Balaban J connectivity index is 1.16. The number of ether oxygens (including phenoxy) is 1. The summed E-state index contributed by atoms with van der Waals surface area (Å²) < 4.78 is 5.97. The lowest BCUT2D eigenvalue weighted by molar-refractivity contribution is -0.116. The number of amides is 1. The fourth-order valence-corrected chi connectivity index (χ4v) is 4.47. The second-order valence-corrected chi connectivity index (χ2v) is 9.16. The van der Waals surface area contributed by atoms with Crippen molar-refractivity contribution in [2.45, 2.75) is 39.5 Å². The number of carbonyl (C=O) groups excluding carboxylic acids is 1. The molecule has 1 N–H and O–H groups in total. The Morgan fingerprint density at radius 3 is 2.52 bits per heavy atom. The van der Waals surface area contributed by atoms with Crippen LogP contribution in [-0.4, -0.2) is 50.1 Å². The number of anilines is 2. The first kappa shape index (κ1) is 21.7. The van der Waals surface area contributed by atoms with Gasteiger partial charge in [-0.25, -0.2) is 0 Å². The van der Waals surface area contributed by atoms with Gasteiger partial charge in [0.15, 0.2) is 0 Å². The maximum Gasteiger partial charge on any atom is 0.224 e. The van der Waals surface area contributed by atoms with E-state index in [-0.39, 0.29) is 5.91 Å². The third-order valence-electron chi connectivity index (χ3n) is 6.18. The molecule has 2 heterocycles. The smallest absolute Gasteiger partial charge is 0.224 e. The van der Waals surface area contributed by atoms with Gasteiger partial charge in [0.1, 0.15) is 5.75 Å². The van der Waals surface area contributed by atoms with E-state index in [9.17, 15) is 4.79 Å². The lowest BCUT2D eigenvalue weighted by atomic mass is 10.0. The van der Waals surface area contributed by atoms with E-state index < -0.39 is 0 Å². The summed E-state index contributed by atoms with van der Waals surface area (Å²) in [5, 5.41) is 2.92. The van der Waals surface area contributed by atoms with Crippen molar-refractivity contribution >= 4 is 17.3 Å². The van der Waals surface area contributed by atoms with Gasteiger partial charge in [-0.2, -0.15) is 0 Å². The van der Waals surface area contributed by atoms with Crippen LogP contribution in [0, 0.1) is 5.92 Å². The lowest BCUT2D eigenvalue weighted by Gasteiger charge is -2.36. The molecule has 0 spiro atoms. The van der Waals surface area contributed by atoms with Gasteiger partial charge in [-0.1, -0.05) is 26.0 Å². The summed E-state index contributed by atoms with van der Waals surface area (Å²) in [5.74, 6) is 1.71. The molecular formula is C26H35N3O2. The molecular weight excluding hydrogens is 386 g/mol. The number of hydrogen-bond acceptors (Lipinski definition) is 4. The summed E-state index contributed by atoms with van der Waals surface area (Å²) in [6, 6.07) is 15.1. The van der Waals surface area contributed by atoms with Gasteiger partial charge in [0.05, 0.1) is 6.61 Å². The summed E-state index contributed by atoms with van der Waals surface area (Å²) in [6.07, 6.45) is 3.53. The molecule has 166 valence electrons. The van der Waals surface area contributed by atoms with Crippen molar-refractivity contribution < 1.29 is 9.53 Å². The molecule has 2 aliphatic heterocycles. The van der Waals surface area contributed by atoms with Crippen LogP contribution in [-0.2, 0) is 17.6 Å². The number of nitrogens with one attached hydrogen (secondary N) is 1. The van der Waals surface area contributed by atoms with E-state index in [0.717, 1.165) is 70.0 Å². The minimum Gasteiger partial charge on any atom is -0.494 e. The van der Waals surface area contributed by atoms with Crippen LogP contribution in [0.25, 0.3) is 0 Å². The standard InChI is InChI=1S/C26H35N3O2/c1-20(2)18-21-4-7-23(8-5-21)29-15-13-28(14-16-29)12-3-17-31-24-9-10-25-22(19-24)6-11-26(30)27-25/h4-5,7-10,19-20H,3,6,11-18H2,1-2H3,(H,27,30). The summed E-state index contributed by atoms with van der Waals surface area (Å²) in [4.78, 5) is 16.5. The van der Waals surface area contributed by atoms with Gasteiger partial charge in [0.2, 0.25) is 5.91 Å². The SMILES string of the molecule is CC(C)Cc1ccc(N2CCN(CCCOc3ccc4c(c3)CCC(=O)N4)CC2)cc1. The molecule has 1 saturated heterocycles. The topological polar surface area (TPSA) is 44.8 Å². The Morgan fingerprint density at radius 2 is 1.77 bits per heavy atom. The van der Waals surface area contributed by atoms with Gasteiger partial charge >= 0.3 is 0 Å². The zero-order chi connectivity index (χ0) is 21.6. The van der Waals surface area contributed by atoms with Crippen molar-refractivity contribution in [1.29, 1.82) is 0 Å². The molecule has 1 amide bonds. The normalized spacial score (nSPS) is 16.9. The van der Waals surface area contributed by atoms with Crippen LogP contribution in [0.5, 0.6) is 5.75 Å². The molecule has 0 atom stereocenters. The molecule has 0 saturated carbocycles. The molecule has 2 aromatic rings. The van der Waals surface area contributed by atoms with Crippen LogP contribution in [0.15, 0.2) is 42.5 Å². The highest BCUT2D eigenvalue weighted by Crippen LogP contribution is 2.27. The fraction of sp³-hybridized carbons (Fsp3) is 0.500. The molecule has 1 fully saturated rings. The third-order valence-corrected chi connectivity index (χ3v) is 6.18. The average molecular weight is 422 g/mol. The van der Waals surface area contributed by atoms with Crippen molar-refractivity contribution in [3.05, 3.63) is 53.6 Å². The van der Waals surface area contributed by atoms with Crippen LogP contribution < -0.4 is 15.0 Å². The number of aryl methyl sites for hydroxylation is 1. The Bertz CT molecular complexity index is 871. The molecule has 0 radical (unpaired) electrons. The van der Waals surface area contributed by atoms with Gasteiger partial charge in [-0.15, -0.1) is 0 Å². The van der Waals surface area contributed by atoms with Gasteiger partial charge in [-0.05, 0) is 66.6 Å². The number of fused-ring (bicyclic) bond motifs is 1. The van der Waals surface area contributed by atoms with E-state index in [0.29, 0.717) is 12.3 Å². The number of hydrogen-bond donors (Lipinski definition) is 1. The number of rotatable bonds is 8. The minimum absolute atomic E-state index is 0.101. The summed E-state index contributed by atoms with van der Waals surface area (Å²) in [5.41, 5.74) is 4.88. The molecule has 4 rings (SSSR count). The quantitative estimate of drug-likeness (QED) is 0.643. The number of piperazine rings is 1. The molecule has 2 aliphatic rings. The molecule has 0 bridgehead atoms. The number of nitrogens with zero attached hydrogens (tertiary/aromatic N) is 2. The monoisotopic (exact) mass is 421 g/mol. The van der Waals surface area contributed by atoms with E-state index in [1.54, 1.807) is 0 Å². The highest BCUT2D eigenvalue weighted by atomic mass is 16.5. The maximum atomic E-state index is 11.5. The second kappa shape index (κ2) is 10.2. The fourth-order valence-electron chi connectivity index (χ4n) is 4.47. The molecule has 5 heteroatoms. The van der Waals surface area contributed by atoms with Crippen molar-refractivity contribution in [2.75, 3.05) is 49.5 Å². The lowest BCUT2D eigenvalue weighted by Crippen LogP contribution is -2.46. The largest absolute Gasteiger partial charge is 0.494 e. The predicted molar refractivity (Wildman–Crippen MR) is 127 cm³/mol. The van der Waals surface area contributed by atoms with Gasteiger partial charge in [-0.3, -0.25) is 9.69 Å². The van der Waals surface area contributed by atoms with Crippen LogP contribution in [0.2, 0.25) is 0 Å². The van der Waals surface area contributed by atoms with Crippen molar-refractivity contribution in [1.82, 2.24) is 4.90 Å². The molecule has 0 aromatic heterocycles. The van der Waals surface area contributed by atoms with Gasteiger partial charge < -0.3 is 15.0 Å². The predicted octanol–water partition coefficient (Wildman–Crippen LogP) is 4.36. The van der Waals surface area contributed by atoms with Crippen LogP contribution >= 0.6 is 0 Å². The van der Waals surface area contributed by atoms with E-state index in [1.165, 1.54) is 16.8 Å². The molecule has 5 nitrogen and oxygen atoms in total. The van der Waals surface area contributed by atoms with E-state index in [1.807, 2.05) is 12.1 Å². The Kier molecular flexibility index (Phi) is 7.13. The van der Waals surface area contributed by atoms with E-state index in [2.05, 4.69) is 59.3 Å². The highest BCUT2D eigenvalue weighted by Gasteiger charge is 2.17. The van der Waals surface area contributed by atoms with E-state index in [4.69, 9.17) is 4.74 Å². The Labute approximate surface area is 186 Å². The van der Waals surface area contributed by atoms with Crippen molar-refractivity contribution in [2.24, 2.45) is 5.92 Å². The van der Waals surface area contributed by atoms with E-state index >= 15 is 0 Å². The zero-order valence-electron chi connectivity index (χ0n) is 18.9. The zero-order valence-corrected chi connectivity index (χ0v) is 18.9. The molecule has 0 aliphatic carbocycles. The average Bonchev–Trinajstić information content (AvgIpc) is 2.77. The first-order valence-electron chi connectivity index (χ1n) is 11.7. The summed E-state index contributed by atoms with van der Waals surface area (Å²) in [6.45, 7) is 10.7. The summed E-state index contributed by atoms with van der Waals surface area (Å²) in [7, 11) is 0. The van der Waals surface area contributed by atoms with Crippen LogP contribution in [0.4, 0.5) is 11.4 Å².